The summed E-state index contributed by atoms with van der Waals surface area (Å²) in [5.74, 6) is -2.62. The van der Waals surface area contributed by atoms with Gasteiger partial charge in [0.25, 0.3) is 0 Å². The van der Waals surface area contributed by atoms with Crippen LogP contribution >= 0.6 is 0 Å². The van der Waals surface area contributed by atoms with E-state index < -0.39 is 41.6 Å². The fourth-order valence-corrected chi connectivity index (χ4v) is 3.47. The van der Waals surface area contributed by atoms with Crippen LogP contribution in [0.5, 0.6) is 0 Å². The Hall–Kier alpha value is -3.88. The summed E-state index contributed by atoms with van der Waals surface area (Å²) in [7, 11) is 1.48. The van der Waals surface area contributed by atoms with Crippen LogP contribution in [0.25, 0.3) is 11.1 Å². The normalized spacial score (nSPS) is 11.2. The monoisotopic (exact) mass is 475 g/mol. The van der Waals surface area contributed by atoms with Crippen molar-refractivity contribution >= 4 is 12.1 Å². The van der Waals surface area contributed by atoms with Crippen LogP contribution in [0.4, 0.5) is 22.4 Å². The average Bonchev–Trinajstić information content (AvgIpc) is 2.78. The summed E-state index contributed by atoms with van der Waals surface area (Å²) in [6.45, 7) is 0.0380. The van der Waals surface area contributed by atoms with Crippen molar-refractivity contribution in [2.45, 2.75) is 25.7 Å². The first kappa shape index (κ1) is 24.8. The van der Waals surface area contributed by atoms with E-state index in [4.69, 9.17) is 9.84 Å². The summed E-state index contributed by atoms with van der Waals surface area (Å²) < 4.78 is 60.1. The lowest BCUT2D eigenvalue weighted by Crippen LogP contribution is -2.27. The molecule has 3 aromatic carbocycles. The van der Waals surface area contributed by atoms with Crippen LogP contribution in [0.1, 0.15) is 22.3 Å². The molecule has 0 radical (unpaired) electrons. The molecule has 1 N–H and O–H groups in total. The molecule has 9 heteroatoms. The number of aliphatic carboxylic acids is 1. The van der Waals surface area contributed by atoms with Crippen LogP contribution in [0.3, 0.4) is 0 Å². The third-order valence-electron chi connectivity index (χ3n) is 5.07. The van der Waals surface area contributed by atoms with Gasteiger partial charge in [-0.25, -0.2) is 9.18 Å². The van der Waals surface area contributed by atoms with Crippen molar-refractivity contribution in [3.05, 3.63) is 94.8 Å². The standard InChI is InChI=1S/C25H21F4NO4/c1-30(24(33)34-15-16-7-3-2-4-8-16)14-17-9-5-6-10-19(17)20-11-18(12-23(31)32)21(13-22(20)26)25(27,28)29/h2-11,13H,12,14-15H2,1H3,(H,31,32). The molecule has 0 unspecified atom stereocenters. The number of halogens is 4. The van der Waals surface area contributed by atoms with E-state index in [9.17, 15) is 27.2 Å². The fourth-order valence-electron chi connectivity index (χ4n) is 3.47. The second kappa shape index (κ2) is 10.4. The lowest BCUT2D eigenvalue weighted by Gasteiger charge is -2.20. The number of amides is 1. The second-order valence-corrected chi connectivity index (χ2v) is 7.61. The third-order valence-corrected chi connectivity index (χ3v) is 5.07. The van der Waals surface area contributed by atoms with Gasteiger partial charge in [-0.2, -0.15) is 13.2 Å². The zero-order valence-electron chi connectivity index (χ0n) is 18.1. The molecule has 0 heterocycles. The van der Waals surface area contributed by atoms with Gasteiger partial charge in [-0.3, -0.25) is 4.79 Å². The summed E-state index contributed by atoms with van der Waals surface area (Å²) >= 11 is 0. The Labute approximate surface area is 193 Å². The Morgan fingerprint density at radius 1 is 0.941 bits per heavy atom. The summed E-state index contributed by atoms with van der Waals surface area (Å²) in [6, 6.07) is 16.6. The van der Waals surface area contributed by atoms with Crippen LogP contribution in [0.2, 0.25) is 0 Å². The summed E-state index contributed by atoms with van der Waals surface area (Å²) in [4.78, 5) is 24.8. The van der Waals surface area contributed by atoms with Crippen molar-refractivity contribution in [3.63, 3.8) is 0 Å². The number of benzene rings is 3. The van der Waals surface area contributed by atoms with E-state index in [0.29, 0.717) is 11.6 Å². The molecule has 0 spiro atoms. The third kappa shape index (κ3) is 6.12. The first-order valence-corrected chi connectivity index (χ1v) is 10.2. The van der Waals surface area contributed by atoms with Gasteiger partial charge in [0.2, 0.25) is 0 Å². The Bertz CT molecular complexity index is 1180. The van der Waals surface area contributed by atoms with Gasteiger partial charge >= 0.3 is 18.2 Å². The molecule has 0 bridgehead atoms. The molecule has 0 saturated carbocycles. The number of rotatable bonds is 7. The Kier molecular flexibility index (Phi) is 7.55. The predicted octanol–water partition coefficient (Wildman–Crippen LogP) is 5.91. The van der Waals surface area contributed by atoms with Crippen LogP contribution < -0.4 is 0 Å². The molecule has 0 aliphatic heterocycles. The SMILES string of the molecule is CN(Cc1ccccc1-c1cc(CC(=O)O)c(C(F)(F)F)cc1F)C(=O)OCc1ccccc1. The molecule has 0 atom stereocenters. The molecular weight excluding hydrogens is 454 g/mol. The number of alkyl halides is 3. The van der Waals surface area contributed by atoms with Gasteiger partial charge in [-0.05, 0) is 34.4 Å². The maximum Gasteiger partial charge on any atom is 0.416 e. The molecule has 5 nitrogen and oxygen atoms in total. The molecule has 1 amide bonds. The summed E-state index contributed by atoms with van der Waals surface area (Å²) in [5, 5.41) is 9.04. The van der Waals surface area contributed by atoms with Crippen molar-refractivity contribution in [2.75, 3.05) is 7.05 Å². The molecule has 0 saturated heterocycles. The average molecular weight is 475 g/mol. The molecule has 0 aliphatic carbocycles. The molecule has 34 heavy (non-hydrogen) atoms. The first-order chi connectivity index (χ1) is 16.1. The smallest absolute Gasteiger partial charge is 0.416 e. The molecule has 178 valence electrons. The number of carbonyl (C=O) groups is 2. The first-order valence-electron chi connectivity index (χ1n) is 10.2. The van der Waals surface area contributed by atoms with Crippen molar-refractivity contribution in [2.24, 2.45) is 0 Å². The van der Waals surface area contributed by atoms with Crippen LogP contribution in [0, 0.1) is 5.82 Å². The number of hydrogen-bond acceptors (Lipinski definition) is 3. The molecule has 3 aromatic rings. The molecule has 0 fully saturated rings. The lowest BCUT2D eigenvalue weighted by atomic mass is 9.93. The highest BCUT2D eigenvalue weighted by molar-refractivity contribution is 5.75. The highest BCUT2D eigenvalue weighted by Crippen LogP contribution is 2.37. The number of carboxylic acid groups (broad SMARTS) is 1. The van der Waals surface area contributed by atoms with E-state index in [-0.39, 0.29) is 24.3 Å². The van der Waals surface area contributed by atoms with Gasteiger partial charge < -0.3 is 14.7 Å². The fraction of sp³-hybridized carbons (Fsp3) is 0.200. The molecule has 0 aliphatic rings. The van der Waals surface area contributed by atoms with Gasteiger partial charge in [0, 0.05) is 19.2 Å². The second-order valence-electron chi connectivity index (χ2n) is 7.61. The van der Waals surface area contributed by atoms with Gasteiger partial charge in [-0.1, -0.05) is 54.6 Å². The molecule has 0 aromatic heterocycles. The van der Waals surface area contributed by atoms with Gasteiger partial charge in [0.05, 0.1) is 12.0 Å². The zero-order valence-corrected chi connectivity index (χ0v) is 18.1. The maximum absolute atomic E-state index is 14.8. The summed E-state index contributed by atoms with van der Waals surface area (Å²) in [6.07, 6.45) is -6.47. The van der Waals surface area contributed by atoms with Crippen molar-refractivity contribution in [1.82, 2.24) is 4.90 Å². The van der Waals surface area contributed by atoms with Crippen molar-refractivity contribution in [3.8, 4) is 11.1 Å². The van der Waals surface area contributed by atoms with Gasteiger partial charge in [0.15, 0.2) is 0 Å². The topological polar surface area (TPSA) is 66.8 Å². The molecule has 3 rings (SSSR count). The Morgan fingerprint density at radius 2 is 1.59 bits per heavy atom. The van der Waals surface area contributed by atoms with Gasteiger partial charge in [-0.15, -0.1) is 0 Å². The van der Waals surface area contributed by atoms with E-state index in [1.54, 1.807) is 42.5 Å². The minimum atomic E-state index is -4.91. The number of carbonyl (C=O) groups excluding carboxylic acids is 1. The van der Waals surface area contributed by atoms with Crippen LogP contribution in [-0.4, -0.2) is 29.1 Å². The minimum Gasteiger partial charge on any atom is -0.481 e. The van der Waals surface area contributed by atoms with E-state index in [1.165, 1.54) is 18.0 Å². The largest absolute Gasteiger partial charge is 0.481 e. The Balaban J connectivity index is 1.88. The van der Waals surface area contributed by atoms with Crippen LogP contribution in [-0.2, 0) is 35.3 Å². The lowest BCUT2D eigenvalue weighted by molar-refractivity contribution is -0.139. The molecular formula is C25H21F4NO4. The maximum atomic E-state index is 14.8. The minimum absolute atomic E-state index is 0.0154. The van der Waals surface area contributed by atoms with E-state index >= 15 is 0 Å². The Morgan fingerprint density at radius 3 is 2.24 bits per heavy atom. The van der Waals surface area contributed by atoms with E-state index in [0.717, 1.165) is 11.6 Å². The van der Waals surface area contributed by atoms with Crippen LogP contribution in [0.15, 0.2) is 66.7 Å². The predicted molar refractivity (Wildman–Crippen MR) is 116 cm³/mol. The van der Waals surface area contributed by atoms with E-state index in [1.807, 2.05) is 6.07 Å². The highest BCUT2D eigenvalue weighted by atomic mass is 19.4. The zero-order chi connectivity index (χ0) is 24.9. The number of carboxylic acids is 1. The highest BCUT2D eigenvalue weighted by Gasteiger charge is 2.35. The summed E-state index contributed by atoms with van der Waals surface area (Å²) in [5.41, 5.74) is -0.602. The van der Waals surface area contributed by atoms with Crippen molar-refractivity contribution in [1.29, 1.82) is 0 Å². The van der Waals surface area contributed by atoms with E-state index in [2.05, 4.69) is 0 Å². The van der Waals surface area contributed by atoms with Crippen molar-refractivity contribution < 1.29 is 37.0 Å². The van der Waals surface area contributed by atoms with Gasteiger partial charge in [0.1, 0.15) is 12.4 Å². The number of nitrogens with zero attached hydrogens (tertiary/aromatic N) is 1. The number of hydrogen-bond donors (Lipinski definition) is 1. The quantitative estimate of drug-likeness (QED) is 0.432. The number of ether oxygens (including phenoxy) is 1.